The van der Waals surface area contributed by atoms with E-state index < -0.39 is 6.10 Å². The summed E-state index contributed by atoms with van der Waals surface area (Å²) < 4.78 is 21.4. The Labute approximate surface area is 150 Å². The number of nitrogens with one attached hydrogen (secondary N) is 1. The molecule has 1 amide bonds. The molecule has 4 rings (SSSR count). The van der Waals surface area contributed by atoms with Crippen molar-refractivity contribution < 1.29 is 13.9 Å². The molecule has 26 heavy (non-hydrogen) atoms. The number of benzene rings is 2. The van der Waals surface area contributed by atoms with Crippen molar-refractivity contribution in [1.29, 1.82) is 0 Å². The third kappa shape index (κ3) is 2.81. The molecule has 0 radical (unpaired) electrons. The minimum Gasteiger partial charge on any atom is -0.480 e. The molecule has 1 aromatic heterocycles. The quantitative estimate of drug-likeness (QED) is 0.785. The van der Waals surface area contributed by atoms with E-state index in [1.165, 1.54) is 6.07 Å². The van der Waals surface area contributed by atoms with Crippen LogP contribution in [0, 0.1) is 12.7 Å². The van der Waals surface area contributed by atoms with Gasteiger partial charge in [0.15, 0.2) is 11.9 Å². The maximum atomic E-state index is 13.8. The smallest absolute Gasteiger partial charge is 0.261 e. The van der Waals surface area contributed by atoms with E-state index in [2.05, 4.69) is 10.3 Å². The van der Waals surface area contributed by atoms with E-state index in [0.717, 1.165) is 28.2 Å². The summed E-state index contributed by atoms with van der Waals surface area (Å²) in [6, 6.07) is 10.7. The summed E-state index contributed by atoms with van der Waals surface area (Å²) in [5.41, 5.74) is 3.34. The number of hydrogen-bond acceptors (Lipinski definition) is 3. The van der Waals surface area contributed by atoms with Gasteiger partial charge in [-0.25, -0.2) is 9.37 Å². The van der Waals surface area contributed by atoms with Gasteiger partial charge in [0, 0.05) is 32.0 Å². The van der Waals surface area contributed by atoms with Crippen LogP contribution >= 0.6 is 0 Å². The van der Waals surface area contributed by atoms with Gasteiger partial charge < -0.3 is 14.6 Å². The van der Waals surface area contributed by atoms with E-state index in [0.29, 0.717) is 24.9 Å². The molecule has 0 saturated carbocycles. The van der Waals surface area contributed by atoms with Gasteiger partial charge in [0.05, 0.1) is 5.52 Å². The second-order valence-electron chi connectivity index (χ2n) is 6.60. The number of halogens is 1. The van der Waals surface area contributed by atoms with Crippen LogP contribution in [0.3, 0.4) is 0 Å². The molecule has 134 valence electrons. The van der Waals surface area contributed by atoms with Gasteiger partial charge in [0.25, 0.3) is 5.91 Å². The number of carbonyl (C=O) groups excluding carboxylic acids is 1. The van der Waals surface area contributed by atoms with Crippen LogP contribution in [0.4, 0.5) is 4.39 Å². The number of hydrogen-bond donors (Lipinski definition) is 1. The first-order valence-electron chi connectivity index (χ1n) is 8.67. The number of amides is 1. The fourth-order valence-electron chi connectivity index (χ4n) is 3.44. The molecule has 5 nitrogen and oxygen atoms in total. The van der Waals surface area contributed by atoms with Crippen LogP contribution in [0.5, 0.6) is 5.75 Å². The molecule has 0 bridgehead atoms. The van der Waals surface area contributed by atoms with Crippen molar-refractivity contribution >= 4 is 16.9 Å². The molecule has 1 aliphatic rings. The molecule has 2 heterocycles. The first-order valence-corrected chi connectivity index (χ1v) is 8.67. The van der Waals surface area contributed by atoms with Gasteiger partial charge in [-0.1, -0.05) is 18.2 Å². The minimum absolute atomic E-state index is 0.134. The van der Waals surface area contributed by atoms with E-state index in [9.17, 15) is 9.18 Å². The molecule has 0 fully saturated rings. The van der Waals surface area contributed by atoms with Crippen molar-refractivity contribution in [2.24, 2.45) is 7.05 Å². The fourth-order valence-corrected chi connectivity index (χ4v) is 3.44. The number of aryl methyl sites for hydroxylation is 2. The Morgan fingerprint density at radius 1 is 1.35 bits per heavy atom. The zero-order valence-electron chi connectivity index (χ0n) is 14.8. The Kier molecular flexibility index (Phi) is 4.11. The highest BCUT2D eigenvalue weighted by molar-refractivity contribution is 5.82. The van der Waals surface area contributed by atoms with Crippen LogP contribution in [-0.4, -0.2) is 28.1 Å². The average Bonchev–Trinajstić information content (AvgIpc) is 3.19. The van der Waals surface area contributed by atoms with Gasteiger partial charge in [-0.3, -0.25) is 4.79 Å². The Balaban J connectivity index is 1.38. The van der Waals surface area contributed by atoms with Crippen molar-refractivity contribution in [3.05, 3.63) is 59.2 Å². The van der Waals surface area contributed by atoms with Crippen LogP contribution in [0.15, 0.2) is 36.4 Å². The summed E-state index contributed by atoms with van der Waals surface area (Å²) in [5.74, 6) is 1.05. The minimum atomic E-state index is -0.496. The van der Waals surface area contributed by atoms with Crippen LogP contribution in [-0.2, 0) is 24.7 Å². The number of rotatable bonds is 4. The normalized spacial score (nSPS) is 15.7. The lowest BCUT2D eigenvalue weighted by atomic mass is 10.0. The Morgan fingerprint density at radius 3 is 2.92 bits per heavy atom. The number of aromatic nitrogens is 2. The van der Waals surface area contributed by atoms with Gasteiger partial charge in [-0.15, -0.1) is 0 Å². The first kappa shape index (κ1) is 16.6. The standard InChI is InChI=1S/C20H20FN3O2/c1-12-5-3-8-16-13(12)11-17(26-16)20(25)22-10-9-18-23-19-14(21)6-4-7-15(19)24(18)2/h3-8,17H,9-11H2,1-2H3,(H,22,25). The lowest BCUT2D eigenvalue weighted by Crippen LogP contribution is -2.38. The van der Waals surface area contributed by atoms with E-state index in [1.54, 1.807) is 6.07 Å². The average molecular weight is 353 g/mol. The van der Waals surface area contributed by atoms with Gasteiger partial charge in [-0.2, -0.15) is 0 Å². The topological polar surface area (TPSA) is 56.2 Å². The third-order valence-corrected chi connectivity index (χ3v) is 4.92. The molecule has 0 aliphatic carbocycles. The van der Waals surface area contributed by atoms with Gasteiger partial charge in [0.1, 0.15) is 17.1 Å². The van der Waals surface area contributed by atoms with E-state index in [4.69, 9.17) is 4.74 Å². The van der Waals surface area contributed by atoms with E-state index in [-0.39, 0.29) is 11.7 Å². The number of ether oxygens (including phenoxy) is 1. The highest BCUT2D eigenvalue weighted by Crippen LogP contribution is 2.31. The predicted molar refractivity (Wildman–Crippen MR) is 96.7 cm³/mol. The van der Waals surface area contributed by atoms with Crippen LogP contribution < -0.4 is 10.1 Å². The lowest BCUT2D eigenvalue weighted by molar-refractivity contribution is -0.127. The number of carbonyl (C=O) groups is 1. The monoisotopic (exact) mass is 353 g/mol. The number of nitrogens with zero attached hydrogens (tertiary/aromatic N) is 2. The largest absolute Gasteiger partial charge is 0.480 e. The molecular formula is C20H20FN3O2. The number of para-hydroxylation sites is 1. The second-order valence-corrected chi connectivity index (χ2v) is 6.60. The highest BCUT2D eigenvalue weighted by atomic mass is 19.1. The molecule has 1 unspecified atom stereocenters. The Bertz CT molecular complexity index is 996. The predicted octanol–water partition coefficient (Wildman–Crippen LogP) is 2.68. The van der Waals surface area contributed by atoms with Gasteiger partial charge in [0.2, 0.25) is 0 Å². The maximum Gasteiger partial charge on any atom is 0.261 e. The molecule has 2 aromatic carbocycles. The Hall–Kier alpha value is -2.89. The van der Waals surface area contributed by atoms with Crippen molar-refractivity contribution in [3.8, 4) is 5.75 Å². The lowest BCUT2D eigenvalue weighted by Gasteiger charge is -2.11. The van der Waals surface area contributed by atoms with Crippen LogP contribution in [0.25, 0.3) is 11.0 Å². The zero-order chi connectivity index (χ0) is 18.3. The summed E-state index contributed by atoms with van der Waals surface area (Å²) in [5, 5.41) is 2.90. The molecule has 6 heteroatoms. The molecular weight excluding hydrogens is 333 g/mol. The zero-order valence-corrected chi connectivity index (χ0v) is 14.8. The maximum absolute atomic E-state index is 13.8. The van der Waals surface area contributed by atoms with Crippen molar-refractivity contribution in [1.82, 2.24) is 14.9 Å². The fraction of sp³-hybridized carbons (Fsp3) is 0.300. The molecule has 0 saturated heterocycles. The van der Waals surface area contributed by atoms with E-state index >= 15 is 0 Å². The summed E-state index contributed by atoms with van der Waals surface area (Å²) in [7, 11) is 1.85. The molecule has 1 aliphatic heterocycles. The van der Waals surface area contributed by atoms with Crippen molar-refractivity contribution in [3.63, 3.8) is 0 Å². The molecule has 1 N–H and O–H groups in total. The van der Waals surface area contributed by atoms with Gasteiger partial charge >= 0.3 is 0 Å². The second kappa shape index (κ2) is 6.44. The van der Waals surface area contributed by atoms with Crippen LogP contribution in [0.1, 0.15) is 17.0 Å². The SMILES string of the molecule is Cc1cccc2c1CC(C(=O)NCCc1nc3c(F)cccc3n1C)O2. The molecule has 3 aromatic rings. The molecule has 0 spiro atoms. The third-order valence-electron chi connectivity index (χ3n) is 4.92. The van der Waals surface area contributed by atoms with E-state index in [1.807, 2.05) is 42.8 Å². The summed E-state index contributed by atoms with van der Waals surface area (Å²) in [6.07, 6.45) is 0.615. The summed E-state index contributed by atoms with van der Waals surface area (Å²) in [6.45, 7) is 2.44. The van der Waals surface area contributed by atoms with Gasteiger partial charge in [-0.05, 0) is 30.7 Å². The number of imidazole rings is 1. The highest BCUT2D eigenvalue weighted by Gasteiger charge is 2.29. The summed E-state index contributed by atoms with van der Waals surface area (Å²) in [4.78, 5) is 16.8. The van der Waals surface area contributed by atoms with Crippen molar-refractivity contribution in [2.75, 3.05) is 6.54 Å². The van der Waals surface area contributed by atoms with Crippen LogP contribution in [0.2, 0.25) is 0 Å². The number of fused-ring (bicyclic) bond motifs is 2. The Morgan fingerprint density at radius 2 is 2.15 bits per heavy atom. The first-order chi connectivity index (χ1) is 12.5. The molecule has 1 atom stereocenters. The summed E-state index contributed by atoms with van der Waals surface area (Å²) >= 11 is 0. The van der Waals surface area contributed by atoms with Crippen molar-refractivity contribution in [2.45, 2.75) is 25.9 Å².